The number of esters is 1. The highest BCUT2D eigenvalue weighted by Gasteiger charge is 2.54. The summed E-state index contributed by atoms with van der Waals surface area (Å²) in [6, 6.07) is 10.3. The molecule has 2 aromatic carbocycles. The van der Waals surface area contributed by atoms with Crippen LogP contribution in [0.5, 0.6) is 5.75 Å². The quantitative estimate of drug-likeness (QED) is 0.556. The number of hydrogen-bond acceptors (Lipinski definition) is 8. The number of anilines is 1. The van der Waals surface area contributed by atoms with Gasteiger partial charge in [-0.2, -0.15) is 5.11 Å². The second-order valence-corrected chi connectivity index (χ2v) is 7.06. The van der Waals surface area contributed by atoms with Gasteiger partial charge in [-0.1, -0.05) is 22.9 Å². The average molecular weight is 408 g/mol. The Bertz CT molecular complexity index is 1050. The maximum atomic E-state index is 13.1. The molecular formula is C21H20N4O5. The van der Waals surface area contributed by atoms with Crippen molar-refractivity contribution in [1.82, 2.24) is 5.01 Å². The molecule has 0 radical (unpaired) electrons. The molecule has 2 aliphatic heterocycles. The lowest BCUT2D eigenvalue weighted by Crippen LogP contribution is -2.39. The number of imide groups is 1. The Kier molecular flexibility index (Phi) is 4.94. The van der Waals surface area contributed by atoms with E-state index in [9.17, 15) is 14.4 Å². The molecule has 2 atom stereocenters. The number of hydrogen-bond donors (Lipinski definition) is 0. The van der Waals surface area contributed by atoms with Crippen molar-refractivity contribution in [2.45, 2.75) is 25.6 Å². The van der Waals surface area contributed by atoms with Gasteiger partial charge in [-0.15, -0.1) is 0 Å². The van der Waals surface area contributed by atoms with E-state index in [1.165, 1.54) is 19.2 Å². The van der Waals surface area contributed by atoms with Crippen LogP contribution in [0, 0.1) is 6.92 Å². The minimum atomic E-state index is -0.895. The summed E-state index contributed by atoms with van der Waals surface area (Å²) < 4.78 is 10.1. The molecule has 9 heteroatoms. The van der Waals surface area contributed by atoms with Crippen LogP contribution in [0.15, 0.2) is 52.8 Å². The summed E-state index contributed by atoms with van der Waals surface area (Å²) in [6.07, 6.45) is 0. The first-order valence-corrected chi connectivity index (χ1v) is 9.31. The van der Waals surface area contributed by atoms with E-state index in [1.54, 1.807) is 30.3 Å². The van der Waals surface area contributed by atoms with Crippen molar-refractivity contribution in [2.75, 3.05) is 19.1 Å². The third-order valence-electron chi connectivity index (χ3n) is 5.18. The Labute approximate surface area is 172 Å². The number of nitrogens with zero attached hydrogens (tertiary/aromatic N) is 4. The molecule has 1 saturated heterocycles. The van der Waals surface area contributed by atoms with Crippen LogP contribution < -0.4 is 9.64 Å². The lowest BCUT2D eigenvalue weighted by Gasteiger charge is -2.22. The second kappa shape index (κ2) is 7.58. The number of carbonyl (C=O) groups is 3. The summed E-state index contributed by atoms with van der Waals surface area (Å²) >= 11 is 0. The van der Waals surface area contributed by atoms with Gasteiger partial charge in [-0.05, 0) is 37.3 Å². The third kappa shape index (κ3) is 3.18. The molecule has 0 spiro atoms. The minimum absolute atomic E-state index is 0.138. The molecule has 0 unspecified atom stereocenters. The zero-order chi connectivity index (χ0) is 21.4. The molecule has 0 N–H and O–H groups in total. The van der Waals surface area contributed by atoms with Gasteiger partial charge in [-0.25, -0.2) is 9.69 Å². The predicted octanol–water partition coefficient (Wildman–Crippen LogP) is 2.28. The molecule has 2 heterocycles. The lowest BCUT2D eigenvalue weighted by atomic mass is 10.1. The Morgan fingerprint density at radius 1 is 1.07 bits per heavy atom. The zero-order valence-corrected chi connectivity index (χ0v) is 16.7. The van der Waals surface area contributed by atoms with Gasteiger partial charge in [0.2, 0.25) is 0 Å². The summed E-state index contributed by atoms with van der Waals surface area (Å²) in [6.45, 7) is 2.07. The highest BCUT2D eigenvalue weighted by molar-refractivity contribution is 6.25. The van der Waals surface area contributed by atoms with Crippen LogP contribution >= 0.6 is 0 Å². The van der Waals surface area contributed by atoms with E-state index in [2.05, 4.69) is 10.3 Å². The van der Waals surface area contributed by atoms with E-state index in [4.69, 9.17) is 9.47 Å². The van der Waals surface area contributed by atoms with Crippen molar-refractivity contribution in [3.05, 3.63) is 59.2 Å². The van der Waals surface area contributed by atoms with Crippen molar-refractivity contribution in [2.24, 2.45) is 10.3 Å². The molecule has 2 aliphatic rings. The summed E-state index contributed by atoms with van der Waals surface area (Å²) in [5.74, 6) is -0.761. The van der Waals surface area contributed by atoms with Crippen LogP contribution in [0.25, 0.3) is 0 Å². The summed E-state index contributed by atoms with van der Waals surface area (Å²) in [5, 5.41) is 9.54. The number of rotatable bonds is 5. The van der Waals surface area contributed by atoms with E-state index in [0.29, 0.717) is 22.6 Å². The van der Waals surface area contributed by atoms with Crippen LogP contribution in [0.4, 0.5) is 5.69 Å². The molecule has 0 saturated carbocycles. The fourth-order valence-electron chi connectivity index (χ4n) is 3.62. The SMILES string of the molecule is COC(=O)c1ccc(OC)c(CN2N=N[C@H]3C(=O)N(c4ccc(C)cc4)C(=O)[C@H]32)c1. The minimum Gasteiger partial charge on any atom is -0.496 e. The maximum absolute atomic E-state index is 13.1. The number of amides is 2. The Hall–Kier alpha value is -3.75. The number of aryl methyl sites for hydroxylation is 1. The highest BCUT2D eigenvalue weighted by Crippen LogP contribution is 2.34. The molecule has 0 aliphatic carbocycles. The van der Waals surface area contributed by atoms with Gasteiger partial charge >= 0.3 is 5.97 Å². The molecule has 4 rings (SSSR count). The van der Waals surface area contributed by atoms with E-state index in [1.807, 2.05) is 19.1 Å². The molecular weight excluding hydrogens is 388 g/mol. The van der Waals surface area contributed by atoms with E-state index < -0.39 is 24.0 Å². The Balaban J connectivity index is 1.62. The Morgan fingerprint density at radius 2 is 1.80 bits per heavy atom. The summed E-state index contributed by atoms with van der Waals surface area (Å²) in [5.41, 5.74) is 2.49. The summed E-state index contributed by atoms with van der Waals surface area (Å²) in [4.78, 5) is 39.0. The van der Waals surface area contributed by atoms with Crippen LogP contribution in [-0.2, 0) is 20.9 Å². The predicted molar refractivity (Wildman–Crippen MR) is 106 cm³/mol. The standard InChI is InChI=1S/C21H20N4O5/c1-12-4-7-15(8-5-12)25-19(26)17-18(20(25)27)24(23-22-17)11-14-10-13(21(28)30-3)6-9-16(14)29-2/h4-10,17-18H,11H2,1-3H3/t17-,18+/m1/s1. The number of benzene rings is 2. The molecule has 2 aromatic rings. The first-order chi connectivity index (χ1) is 14.4. The molecule has 0 bridgehead atoms. The fourth-order valence-corrected chi connectivity index (χ4v) is 3.62. The van der Waals surface area contributed by atoms with Crippen molar-refractivity contribution in [3.63, 3.8) is 0 Å². The third-order valence-corrected chi connectivity index (χ3v) is 5.18. The van der Waals surface area contributed by atoms with E-state index in [0.717, 1.165) is 10.5 Å². The van der Waals surface area contributed by atoms with Crippen molar-refractivity contribution >= 4 is 23.5 Å². The van der Waals surface area contributed by atoms with Crippen molar-refractivity contribution in [1.29, 1.82) is 0 Å². The number of methoxy groups -OCH3 is 2. The second-order valence-electron chi connectivity index (χ2n) is 7.06. The zero-order valence-electron chi connectivity index (χ0n) is 16.7. The molecule has 0 aromatic heterocycles. The van der Waals surface area contributed by atoms with Gasteiger partial charge < -0.3 is 9.47 Å². The Morgan fingerprint density at radius 3 is 2.47 bits per heavy atom. The fraction of sp³-hybridized carbons (Fsp3) is 0.286. The number of ether oxygens (including phenoxy) is 2. The van der Waals surface area contributed by atoms with Crippen LogP contribution in [0.3, 0.4) is 0 Å². The average Bonchev–Trinajstić information content (AvgIpc) is 3.28. The van der Waals surface area contributed by atoms with Crippen molar-refractivity contribution in [3.8, 4) is 5.75 Å². The molecule has 9 nitrogen and oxygen atoms in total. The molecule has 1 fully saturated rings. The molecule has 2 amide bonds. The maximum Gasteiger partial charge on any atom is 0.337 e. The van der Waals surface area contributed by atoms with Gasteiger partial charge in [-0.3, -0.25) is 14.6 Å². The van der Waals surface area contributed by atoms with E-state index in [-0.39, 0.29) is 12.5 Å². The van der Waals surface area contributed by atoms with E-state index >= 15 is 0 Å². The largest absolute Gasteiger partial charge is 0.496 e. The van der Waals surface area contributed by atoms with Gasteiger partial charge in [0, 0.05) is 5.56 Å². The van der Waals surface area contributed by atoms with Gasteiger partial charge in [0.25, 0.3) is 11.8 Å². The topological polar surface area (TPSA) is 101 Å². The highest BCUT2D eigenvalue weighted by atomic mass is 16.5. The van der Waals surface area contributed by atoms with Crippen molar-refractivity contribution < 1.29 is 23.9 Å². The van der Waals surface area contributed by atoms with Gasteiger partial charge in [0.05, 0.1) is 32.0 Å². The lowest BCUT2D eigenvalue weighted by molar-refractivity contribution is -0.123. The normalized spacial score (nSPS) is 20.0. The monoisotopic (exact) mass is 408 g/mol. The van der Waals surface area contributed by atoms with Gasteiger partial charge in [0.15, 0.2) is 12.1 Å². The smallest absolute Gasteiger partial charge is 0.337 e. The first kappa shape index (κ1) is 19.6. The van der Waals surface area contributed by atoms with Crippen LogP contribution in [0.1, 0.15) is 21.5 Å². The number of carbonyl (C=O) groups excluding carboxylic acids is 3. The van der Waals surface area contributed by atoms with Gasteiger partial charge in [0.1, 0.15) is 5.75 Å². The first-order valence-electron chi connectivity index (χ1n) is 9.31. The van der Waals surface area contributed by atoms with Crippen LogP contribution in [0.2, 0.25) is 0 Å². The molecule has 154 valence electrons. The number of fused-ring (bicyclic) bond motifs is 1. The molecule has 30 heavy (non-hydrogen) atoms. The summed E-state index contributed by atoms with van der Waals surface area (Å²) in [7, 11) is 2.81. The van der Waals surface area contributed by atoms with Crippen LogP contribution in [-0.4, -0.2) is 49.1 Å².